The fourth-order valence-electron chi connectivity index (χ4n) is 1.96. The Kier molecular flexibility index (Phi) is 3.32. The molecule has 0 fully saturated rings. The SMILES string of the molecule is Nc1cccc(-c2nc(-c3cccc(C(F)(F)F)c3)no2)c1. The van der Waals surface area contributed by atoms with Crippen molar-refractivity contribution in [3.8, 4) is 22.8 Å². The van der Waals surface area contributed by atoms with Crippen LogP contribution in [-0.4, -0.2) is 10.1 Å². The molecular formula is C15H10F3N3O. The van der Waals surface area contributed by atoms with Gasteiger partial charge in [-0.15, -0.1) is 0 Å². The first-order valence-corrected chi connectivity index (χ1v) is 6.31. The lowest BCUT2D eigenvalue weighted by Gasteiger charge is -2.06. The molecule has 0 spiro atoms. The molecule has 4 nitrogen and oxygen atoms in total. The molecule has 0 aliphatic rings. The van der Waals surface area contributed by atoms with E-state index in [-0.39, 0.29) is 17.3 Å². The van der Waals surface area contributed by atoms with Crippen LogP contribution in [0.2, 0.25) is 0 Å². The molecule has 0 unspecified atom stereocenters. The van der Waals surface area contributed by atoms with Crippen molar-refractivity contribution in [1.29, 1.82) is 0 Å². The highest BCUT2D eigenvalue weighted by atomic mass is 19.4. The van der Waals surface area contributed by atoms with E-state index in [9.17, 15) is 13.2 Å². The number of aromatic nitrogens is 2. The van der Waals surface area contributed by atoms with E-state index in [0.717, 1.165) is 12.1 Å². The standard InChI is InChI=1S/C15H10F3N3O/c16-15(17,18)11-5-1-3-9(7-11)13-20-14(22-21-13)10-4-2-6-12(19)8-10/h1-8H,19H2. The van der Waals surface area contributed by atoms with Crippen LogP contribution in [0.5, 0.6) is 0 Å². The Bertz CT molecular complexity index is 812. The lowest BCUT2D eigenvalue weighted by molar-refractivity contribution is -0.137. The van der Waals surface area contributed by atoms with E-state index in [2.05, 4.69) is 10.1 Å². The normalized spacial score (nSPS) is 11.6. The third kappa shape index (κ3) is 2.78. The minimum Gasteiger partial charge on any atom is -0.399 e. The summed E-state index contributed by atoms with van der Waals surface area (Å²) in [6, 6.07) is 11.5. The summed E-state index contributed by atoms with van der Waals surface area (Å²) in [5.41, 5.74) is 6.26. The number of anilines is 1. The van der Waals surface area contributed by atoms with Gasteiger partial charge in [-0.25, -0.2) is 0 Å². The number of nitrogens with two attached hydrogens (primary N) is 1. The van der Waals surface area contributed by atoms with Crippen molar-refractivity contribution in [1.82, 2.24) is 10.1 Å². The van der Waals surface area contributed by atoms with Gasteiger partial charge in [0, 0.05) is 16.8 Å². The van der Waals surface area contributed by atoms with E-state index in [1.807, 2.05) is 0 Å². The van der Waals surface area contributed by atoms with Crippen LogP contribution in [0.15, 0.2) is 53.1 Å². The Hall–Kier alpha value is -2.83. The number of rotatable bonds is 2. The van der Waals surface area contributed by atoms with Gasteiger partial charge in [-0.05, 0) is 30.3 Å². The summed E-state index contributed by atoms with van der Waals surface area (Å²) in [6.45, 7) is 0. The van der Waals surface area contributed by atoms with Gasteiger partial charge in [0.1, 0.15) is 0 Å². The van der Waals surface area contributed by atoms with Crippen molar-refractivity contribution in [2.45, 2.75) is 6.18 Å². The first-order valence-electron chi connectivity index (χ1n) is 6.31. The topological polar surface area (TPSA) is 64.9 Å². The predicted molar refractivity (Wildman–Crippen MR) is 74.6 cm³/mol. The maximum atomic E-state index is 12.7. The molecule has 7 heteroatoms. The average Bonchev–Trinajstić information content (AvgIpc) is 2.96. The molecule has 2 aromatic carbocycles. The minimum atomic E-state index is -4.42. The third-order valence-corrected chi connectivity index (χ3v) is 3.01. The Morgan fingerprint density at radius 1 is 0.955 bits per heavy atom. The van der Waals surface area contributed by atoms with E-state index < -0.39 is 11.7 Å². The molecule has 0 amide bonds. The molecule has 1 aromatic heterocycles. The molecule has 1 heterocycles. The Labute approximate surface area is 123 Å². The van der Waals surface area contributed by atoms with Gasteiger partial charge in [-0.3, -0.25) is 0 Å². The van der Waals surface area contributed by atoms with Gasteiger partial charge < -0.3 is 10.3 Å². The van der Waals surface area contributed by atoms with Crippen molar-refractivity contribution < 1.29 is 17.7 Å². The zero-order valence-electron chi connectivity index (χ0n) is 11.1. The van der Waals surface area contributed by atoms with Crippen molar-refractivity contribution in [2.24, 2.45) is 0 Å². The smallest absolute Gasteiger partial charge is 0.399 e. The zero-order chi connectivity index (χ0) is 15.7. The molecule has 112 valence electrons. The average molecular weight is 305 g/mol. The van der Waals surface area contributed by atoms with Gasteiger partial charge in [0.25, 0.3) is 5.89 Å². The maximum absolute atomic E-state index is 12.7. The molecule has 22 heavy (non-hydrogen) atoms. The molecule has 0 atom stereocenters. The Balaban J connectivity index is 1.98. The van der Waals surface area contributed by atoms with Crippen LogP contribution in [-0.2, 0) is 6.18 Å². The van der Waals surface area contributed by atoms with Crippen LogP contribution in [0, 0.1) is 0 Å². The highest BCUT2D eigenvalue weighted by Gasteiger charge is 2.30. The van der Waals surface area contributed by atoms with Gasteiger partial charge in [0.15, 0.2) is 0 Å². The van der Waals surface area contributed by atoms with E-state index >= 15 is 0 Å². The Morgan fingerprint density at radius 3 is 2.41 bits per heavy atom. The van der Waals surface area contributed by atoms with Gasteiger partial charge in [-0.2, -0.15) is 18.2 Å². The summed E-state index contributed by atoms with van der Waals surface area (Å²) >= 11 is 0. The number of hydrogen-bond donors (Lipinski definition) is 1. The summed E-state index contributed by atoms with van der Waals surface area (Å²) in [5.74, 6) is 0.281. The molecule has 0 saturated heterocycles. The fraction of sp³-hybridized carbons (Fsp3) is 0.0667. The molecule has 0 saturated carbocycles. The van der Waals surface area contributed by atoms with Crippen molar-refractivity contribution in [3.05, 3.63) is 54.1 Å². The lowest BCUT2D eigenvalue weighted by atomic mass is 10.1. The minimum absolute atomic E-state index is 0.0866. The molecule has 3 aromatic rings. The van der Waals surface area contributed by atoms with E-state index in [1.165, 1.54) is 12.1 Å². The molecule has 3 rings (SSSR count). The zero-order valence-corrected chi connectivity index (χ0v) is 11.1. The number of nitrogens with zero attached hydrogens (tertiary/aromatic N) is 2. The number of halogens is 3. The van der Waals surface area contributed by atoms with Crippen LogP contribution in [0.1, 0.15) is 5.56 Å². The second-order valence-corrected chi connectivity index (χ2v) is 4.63. The monoisotopic (exact) mass is 305 g/mol. The van der Waals surface area contributed by atoms with Crippen molar-refractivity contribution in [2.75, 3.05) is 5.73 Å². The van der Waals surface area contributed by atoms with Gasteiger partial charge in [0.05, 0.1) is 5.56 Å². The van der Waals surface area contributed by atoms with Crippen LogP contribution >= 0.6 is 0 Å². The quantitative estimate of drug-likeness (QED) is 0.727. The van der Waals surface area contributed by atoms with Gasteiger partial charge in [0.2, 0.25) is 5.82 Å². The first-order chi connectivity index (χ1) is 10.4. The molecular weight excluding hydrogens is 295 g/mol. The second kappa shape index (κ2) is 5.18. The fourth-order valence-corrected chi connectivity index (χ4v) is 1.96. The highest BCUT2D eigenvalue weighted by Crippen LogP contribution is 2.32. The third-order valence-electron chi connectivity index (χ3n) is 3.01. The summed E-state index contributed by atoms with van der Waals surface area (Å²) < 4.78 is 43.2. The predicted octanol–water partition coefficient (Wildman–Crippen LogP) is 4.00. The molecule has 2 N–H and O–H groups in total. The second-order valence-electron chi connectivity index (χ2n) is 4.63. The Morgan fingerprint density at radius 2 is 1.68 bits per heavy atom. The van der Waals surface area contributed by atoms with E-state index in [0.29, 0.717) is 11.3 Å². The van der Waals surface area contributed by atoms with Gasteiger partial charge >= 0.3 is 6.18 Å². The van der Waals surface area contributed by atoms with Crippen molar-refractivity contribution in [3.63, 3.8) is 0 Å². The summed E-state index contributed by atoms with van der Waals surface area (Å²) in [7, 11) is 0. The van der Waals surface area contributed by atoms with Crippen LogP contribution in [0.3, 0.4) is 0 Å². The molecule has 0 bridgehead atoms. The summed E-state index contributed by atoms with van der Waals surface area (Å²) in [6.07, 6.45) is -4.42. The summed E-state index contributed by atoms with van der Waals surface area (Å²) in [5, 5.41) is 3.72. The number of nitrogen functional groups attached to an aromatic ring is 1. The van der Waals surface area contributed by atoms with Crippen LogP contribution in [0.4, 0.5) is 18.9 Å². The van der Waals surface area contributed by atoms with Crippen molar-refractivity contribution >= 4 is 5.69 Å². The number of alkyl halides is 3. The van der Waals surface area contributed by atoms with E-state index in [1.54, 1.807) is 24.3 Å². The van der Waals surface area contributed by atoms with E-state index in [4.69, 9.17) is 10.3 Å². The van der Waals surface area contributed by atoms with Crippen LogP contribution < -0.4 is 5.73 Å². The van der Waals surface area contributed by atoms with Gasteiger partial charge in [-0.1, -0.05) is 23.4 Å². The highest BCUT2D eigenvalue weighted by molar-refractivity contribution is 5.63. The van der Waals surface area contributed by atoms with Crippen LogP contribution in [0.25, 0.3) is 22.8 Å². The number of hydrogen-bond acceptors (Lipinski definition) is 4. The molecule has 0 aliphatic heterocycles. The molecule has 0 aliphatic carbocycles. The first kappa shape index (κ1) is 14.1. The summed E-state index contributed by atoms with van der Waals surface area (Å²) in [4.78, 5) is 4.11. The maximum Gasteiger partial charge on any atom is 0.416 e. The molecule has 0 radical (unpaired) electrons. The largest absolute Gasteiger partial charge is 0.416 e. The number of benzene rings is 2. The lowest BCUT2D eigenvalue weighted by Crippen LogP contribution is -2.04.